The van der Waals surface area contributed by atoms with Gasteiger partial charge >= 0.3 is 5.97 Å². The molecule has 1 unspecified atom stereocenters. The van der Waals surface area contributed by atoms with Crippen LogP contribution in [0.15, 0.2) is 18.2 Å². The highest BCUT2D eigenvalue weighted by atomic mass is 16.6. The van der Waals surface area contributed by atoms with Crippen molar-refractivity contribution in [1.29, 1.82) is 0 Å². The monoisotopic (exact) mass is 268 g/mol. The predicted octanol–water partition coefficient (Wildman–Crippen LogP) is 1.83. The highest BCUT2D eigenvalue weighted by Gasteiger charge is 2.18. The molecule has 1 aromatic carbocycles. The first-order valence-corrected chi connectivity index (χ1v) is 5.61. The van der Waals surface area contributed by atoms with E-state index >= 15 is 0 Å². The number of hydrogen-bond acceptors (Lipinski definition) is 6. The summed E-state index contributed by atoms with van der Waals surface area (Å²) in [5.41, 5.74) is 0.410. The van der Waals surface area contributed by atoms with Crippen molar-refractivity contribution in [2.75, 3.05) is 26.1 Å². The first-order valence-electron chi connectivity index (χ1n) is 5.61. The summed E-state index contributed by atoms with van der Waals surface area (Å²) in [6, 6.07) is 3.90. The van der Waals surface area contributed by atoms with Gasteiger partial charge in [0.25, 0.3) is 5.69 Å². The summed E-state index contributed by atoms with van der Waals surface area (Å²) in [7, 11) is 2.79. The van der Waals surface area contributed by atoms with Crippen LogP contribution in [-0.2, 0) is 9.47 Å². The standard InChI is InChI=1S/C12H16N2O5/c1-8(7-18-2)13-10-6-9(12(15)19-3)4-5-11(10)14(16)17/h4-6,8,13H,7H2,1-3H3. The molecule has 0 aliphatic rings. The second-order valence-electron chi connectivity index (χ2n) is 3.98. The fourth-order valence-corrected chi connectivity index (χ4v) is 1.61. The van der Waals surface area contributed by atoms with Crippen molar-refractivity contribution in [3.8, 4) is 0 Å². The molecule has 0 heterocycles. The number of anilines is 1. The molecular formula is C12H16N2O5. The summed E-state index contributed by atoms with van der Waals surface area (Å²) in [5, 5.41) is 13.9. The molecule has 104 valence electrons. The van der Waals surface area contributed by atoms with Crippen molar-refractivity contribution >= 4 is 17.3 Å². The van der Waals surface area contributed by atoms with Crippen LogP contribution in [0.3, 0.4) is 0 Å². The van der Waals surface area contributed by atoms with Crippen molar-refractivity contribution in [1.82, 2.24) is 0 Å². The minimum atomic E-state index is -0.544. The van der Waals surface area contributed by atoms with Gasteiger partial charge in [0.2, 0.25) is 0 Å². The van der Waals surface area contributed by atoms with E-state index < -0.39 is 10.9 Å². The van der Waals surface area contributed by atoms with Gasteiger partial charge in [-0.3, -0.25) is 10.1 Å². The van der Waals surface area contributed by atoms with E-state index in [1.54, 1.807) is 0 Å². The van der Waals surface area contributed by atoms with Crippen molar-refractivity contribution in [3.63, 3.8) is 0 Å². The largest absolute Gasteiger partial charge is 0.465 e. The summed E-state index contributed by atoms with van der Waals surface area (Å²) in [6.07, 6.45) is 0. The van der Waals surface area contributed by atoms with E-state index in [9.17, 15) is 14.9 Å². The maximum Gasteiger partial charge on any atom is 0.337 e. The molecule has 0 aromatic heterocycles. The lowest BCUT2D eigenvalue weighted by Crippen LogP contribution is -2.21. The van der Waals surface area contributed by atoms with Gasteiger partial charge in [0.15, 0.2) is 0 Å². The Balaban J connectivity index is 3.08. The molecule has 7 heteroatoms. The number of esters is 1. The molecule has 0 aliphatic heterocycles. The lowest BCUT2D eigenvalue weighted by atomic mass is 10.1. The van der Waals surface area contributed by atoms with E-state index in [1.165, 1.54) is 32.4 Å². The van der Waals surface area contributed by atoms with Gasteiger partial charge < -0.3 is 14.8 Å². The molecule has 7 nitrogen and oxygen atoms in total. The van der Waals surface area contributed by atoms with Crippen LogP contribution < -0.4 is 5.32 Å². The Morgan fingerprint density at radius 1 is 1.47 bits per heavy atom. The van der Waals surface area contributed by atoms with Gasteiger partial charge in [-0.2, -0.15) is 0 Å². The van der Waals surface area contributed by atoms with Gasteiger partial charge in [-0.05, 0) is 19.1 Å². The third kappa shape index (κ3) is 3.92. The average Bonchev–Trinajstić information content (AvgIpc) is 2.37. The molecule has 0 saturated heterocycles. The molecule has 1 aromatic rings. The predicted molar refractivity (Wildman–Crippen MR) is 69.4 cm³/mol. The third-order valence-electron chi connectivity index (χ3n) is 2.43. The number of nitrogens with one attached hydrogen (secondary N) is 1. The molecule has 0 aliphatic carbocycles. The van der Waals surface area contributed by atoms with Crippen molar-refractivity contribution < 1.29 is 19.2 Å². The highest BCUT2D eigenvalue weighted by molar-refractivity contribution is 5.91. The first-order chi connectivity index (χ1) is 8.99. The van der Waals surface area contributed by atoms with Crippen molar-refractivity contribution in [3.05, 3.63) is 33.9 Å². The number of ether oxygens (including phenoxy) is 2. The van der Waals surface area contributed by atoms with Crippen molar-refractivity contribution in [2.24, 2.45) is 0 Å². The number of methoxy groups -OCH3 is 2. The van der Waals surface area contributed by atoms with Crippen LogP contribution in [0.5, 0.6) is 0 Å². The molecule has 1 rings (SSSR count). The minimum Gasteiger partial charge on any atom is -0.465 e. The zero-order valence-corrected chi connectivity index (χ0v) is 11.0. The number of nitro benzene ring substituents is 1. The number of rotatable bonds is 6. The summed E-state index contributed by atoms with van der Waals surface area (Å²) < 4.78 is 9.53. The number of nitrogens with zero attached hydrogens (tertiary/aromatic N) is 1. The lowest BCUT2D eigenvalue weighted by molar-refractivity contribution is -0.384. The summed E-state index contributed by atoms with van der Waals surface area (Å²) >= 11 is 0. The molecule has 0 spiro atoms. The second kappa shape index (κ2) is 6.69. The summed E-state index contributed by atoms with van der Waals surface area (Å²) in [5.74, 6) is -0.544. The van der Waals surface area contributed by atoms with Gasteiger partial charge in [0.1, 0.15) is 5.69 Å². The van der Waals surface area contributed by atoms with E-state index in [2.05, 4.69) is 10.1 Å². The Morgan fingerprint density at radius 3 is 2.68 bits per heavy atom. The van der Waals surface area contributed by atoms with Crippen LogP contribution in [-0.4, -0.2) is 37.8 Å². The van der Waals surface area contributed by atoms with Gasteiger partial charge in [-0.25, -0.2) is 4.79 Å². The summed E-state index contributed by atoms with van der Waals surface area (Å²) in [6.45, 7) is 2.21. The Bertz CT molecular complexity index is 475. The molecule has 1 N–H and O–H groups in total. The number of benzene rings is 1. The number of nitro groups is 1. The van der Waals surface area contributed by atoms with Crippen LogP contribution in [0.25, 0.3) is 0 Å². The van der Waals surface area contributed by atoms with Crippen molar-refractivity contribution in [2.45, 2.75) is 13.0 Å². The Kier molecular flexibility index (Phi) is 5.25. The van der Waals surface area contributed by atoms with E-state index in [0.29, 0.717) is 6.61 Å². The van der Waals surface area contributed by atoms with E-state index in [4.69, 9.17) is 4.74 Å². The Hall–Kier alpha value is -2.15. The van der Waals surface area contributed by atoms with E-state index in [-0.39, 0.29) is 23.0 Å². The molecule has 0 amide bonds. The smallest absolute Gasteiger partial charge is 0.337 e. The normalized spacial score (nSPS) is 11.7. The Morgan fingerprint density at radius 2 is 2.16 bits per heavy atom. The topological polar surface area (TPSA) is 90.7 Å². The fourth-order valence-electron chi connectivity index (χ4n) is 1.61. The molecule has 0 saturated carbocycles. The van der Waals surface area contributed by atoms with Gasteiger partial charge in [0.05, 0.1) is 24.2 Å². The van der Waals surface area contributed by atoms with Gasteiger partial charge in [-0.1, -0.05) is 0 Å². The number of hydrogen-bond donors (Lipinski definition) is 1. The molecule has 0 bridgehead atoms. The fraction of sp³-hybridized carbons (Fsp3) is 0.417. The van der Waals surface area contributed by atoms with E-state index in [1.807, 2.05) is 6.92 Å². The molecular weight excluding hydrogens is 252 g/mol. The zero-order chi connectivity index (χ0) is 14.4. The van der Waals surface area contributed by atoms with Crippen LogP contribution in [0.2, 0.25) is 0 Å². The SMILES string of the molecule is COCC(C)Nc1cc(C(=O)OC)ccc1[N+](=O)[O-]. The average molecular weight is 268 g/mol. The maximum absolute atomic E-state index is 11.4. The Labute approximate surface area is 110 Å². The second-order valence-corrected chi connectivity index (χ2v) is 3.98. The molecule has 0 fully saturated rings. The summed E-state index contributed by atoms with van der Waals surface area (Å²) in [4.78, 5) is 21.8. The maximum atomic E-state index is 11.4. The van der Waals surface area contributed by atoms with Crippen LogP contribution >= 0.6 is 0 Å². The van der Waals surface area contributed by atoms with Gasteiger partial charge in [0, 0.05) is 19.2 Å². The molecule has 19 heavy (non-hydrogen) atoms. The first kappa shape index (κ1) is 14.9. The van der Waals surface area contributed by atoms with Crippen LogP contribution in [0.4, 0.5) is 11.4 Å². The zero-order valence-electron chi connectivity index (χ0n) is 11.0. The number of carbonyl (C=O) groups excluding carboxylic acids is 1. The van der Waals surface area contributed by atoms with Gasteiger partial charge in [-0.15, -0.1) is 0 Å². The lowest BCUT2D eigenvalue weighted by Gasteiger charge is -2.14. The minimum absolute atomic E-state index is 0.101. The highest BCUT2D eigenvalue weighted by Crippen LogP contribution is 2.26. The molecule has 0 radical (unpaired) electrons. The number of carbonyl (C=O) groups is 1. The quantitative estimate of drug-likeness (QED) is 0.481. The van der Waals surface area contributed by atoms with Crippen LogP contribution in [0.1, 0.15) is 17.3 Å². The third-order valence-corrected chi connectivity index (χ3v) is 2.43. The molecule has 1 atom stereocenters. The van der Waals surface area contributed by atoms with Crippen LogP contribution in [0, 0.1) is 10.1 Å². The van der Waals surface area contributed by atoms with E-state index in [0.717, 1.165) is 0 Å².